The average Bonchev–Trinajstić information content (AvgIpc) is 2.49. The molecule has 0 aromatic heterocycles. The van der Waals surface area contributed by atoms with Crippen LogP contribution < -0.4 is 14.8 Å². The molecule has 0 saturated heterocycles. The summed E-state index contributed by atoms with van der Waals surface area (Å²) < 4.78 is 15.6. The highest BCUT2D eigenvalue weighted by molar-refractivity contribution is 5.69. The average molecular weight is 295 g/mol. The predicted octanol–water partition coefficient (Wildman–Crippen LogP) is 2.53. The van der Waals surface area contributed by atoms with Gasteiger partial charge in [-0.1, -0.05) is 19.9 Å². The highest BCUT2D eigenvalue weighted by Gasteiger charge is 2.07. The number of carbonyl (C=O) groups excluding carboxylic acids is 1. The fourth-order valence-electron chi connectivity index (χ4n) is 1.76. The molecule has 1 rings (SSSR count). The zero-order valence-electron chi connectivity index (χ0n) is 13.3. The van der Waals surface area contributed by atoms with Gasteiger partial charge in [0.25, 0.3) is 0 Å². The third kappa shape index (κ3) is 6.49. The standard InChI is InChI=1S/C16H25NO4/c1-12(2)17-11-13-7-8-14(15(10-13)19-3)21-9-5-6-16(18)20-4/h7-8,10,12,17H,5-6,9,11H2,1-4H3. The van der Waals surface area contributed by atoms with Gasteiger partial charge >= 0.3 is 5.97 Å². The molecule has 5 heteroatoms. The second kappa shape index (κ2) is 9.23. The molecule has 0 atom stereocenters. The van der Waals surface area contributed by atoms with Crippen LogP contribution in [0.15, 0.2) is 18.2 Å². The summed E-state index contributed by atoms with van der Waals surface area (Å²) in [5.41, 5.74) is 1.14. The van der Waals surface area contributed by atoms with Crippen molar-refractivity contribution < 1.29 is 19.0 Å². The first-order chi connectivity index (χ1) is 10.1. The van der Waals surface area contributed by atoms with Crippen LogP contribution >= 0.6 is 0 Å². The highest BCUT2D eigenvalue weighted by atomic mass is 16.5. The van der Waals surface area contributed by atoms with Crippen LogP contribution in [0, 0.1) is 0 Å². The molecule has 1 aromatic rings. The smallest absolute Gasteiger partial charge is 0.305 e. The Hall–Kier alpha value is -1.75. The monoisotopic (exact) mass is 295 g/mol. The summed E-state index contributed by atoms with van der Waals surface area (Å²) in [4.78, 5) is 11.0. The fourth-order valence-corrected chi connectivity index (χ4v) is 1.76. The van der Waals surface area contributed by atoms with E-state index in [1.165, 1.54) is 7.11 Å². The Balaban J connectivity index is 2.52. The maximum absolute atomic E-state index is 11.0. The highest BCUT2D eigenvalue weighted by Crippen LogP contribution is 2.28. The lowest BCUT2D eigenvalue weighted by Gasteiger charge is -2.13. The summed E-state index contributed by atoms with van der Waals surface area (Å²) in [6.45, 7) is 5.46. The van der Waals surface area contributed by atoms with E-state index in [9.17, 15) is 4.79 Å². The molecule has 118 valence electrons. The lowest BCUT2D eigenvalue weighted by atomic mass is 10.2. The van der Waals surface area contributed by atoms with Crippen molar-refractivity contribution in [1.82, 2.24) is 5.32 Å². The molecule has 0 saturated carbocycles. The molecular weight excluding hydrogens is 270 g/mol. The topological polar surface area (TPSA) is 56.8 Å². The summed E-state index contributed by atoms with van der Waals surface area (Å²) in [6.07, 6.45) is 0.974. The van der Waals surface area contributed by atoms with E-state index in [1.54, 1.807) is 7.11 Å². The maximum atomic E-state index is 11.0. The minimum atomic E-state index is -0.222. The third-order valence-electron chi connectivity index (χ3n) is 2.95. The molecule has 0 heterocycles. The Kier molecular flexibility index (Phi) is 7.61. The van der Waals surface area contributed by atoms with Crippen molar-refractivity contribution in [3.63, 3.8) is 0 Å². The Bertz CT molecular complexity index is 446. The lowest BCUT2D eigenvalue weighted by Crippen LogP contribution is -2.21. The zero-order chi connectivity index (χ0) is 15.7. The van der Waals surface area contributed by atoms with E-state index >= 15 is 0 Å². The van der Waals surface area contributed by atoms with E-state index in [0.29, 0.717) is 37.0 Å². The van der Waals surface area contributed by atoms with E-state index in [4.69, 9.17) is 9.47 Å². The molecule has 21 heavy (non-hydrogen) atoms. The fraction of sp³-hybridized carbons (Fsp3) is 0.562. The van der Waals surface area contributed by atoms with Crippen molar-refractivity contribution in [2.75, 3.05) is 20.8 Å². The summed E-state index contributed by atoms with van der Waals surface area (Å²) in [6, 6.07) is 6.30. The molecule has 0 spiro atoms. The van der Waals surface area contributed by atoms with Gasteiger partial charge in [-0.15, -0.1) is 0 Å². The Labute approximate surface area is 126 Å². The van der Waals surface area contributed by atoms with Gasteiger partial charge < -0.3 is 19.5 Å². The molecule has 0 aliphatic heterocycles. The van der Waals surface area contributed by atoms with Crippen molar-refractivity contribution in [1.29, 1.82) is 0 Å². The Morgan fingerprint density at radius 2 is 2.00 bits per heavy atom. The van der Waals surface area contributed by atoms with Gasteiger partial charge in [0.15, 0.2) is 11.5 Å². The third-order valence-corrected chi connectivity index (χ3v) is 2.95. The second-order valence-electron chi connectivity index (χ2n) is 5.05. The Morgan fingerprint density at radius 1 is 1.24 bits per heavy atom. The molecule has 0 unspecified atom stereocenters. The molecule has 0 amide bonds. The van der Waals surface area contributed by atoms with Gasteiger partial charge in [0.05, 0.1) is 20.8 Å². The SMILES string of the molecule is COC(=O)CCCOc1ccc(CNC(C)C)cc1OC. The van der Waals surface area contributed by atoms with Crippen LogP contribution in [0.2, 0.25) is 0 Å². The summed E-state index contributed by atoms with van der Waals surface area (Å²) in [5, 5.41) is 3.36. The lowest BCUT2D eigenvalue weighted by molar-refractivity contribution is -0.140. The largest absolute Gasteiger partial charge is 0.493 e. The number of carbonyl (C=O) groups is 1. The van der Waals surface area contributed by atoms with Gasteiger partial charge in [0.1, 0.15) is 0 Å². The van der Waals surface area contributed by atoms with E-state index in [2.05, 4.69) is 23.9 Å². The van der Waals surface area contributed by atoms with E-state index < -0.39 is 0 Å². The van der Waals surface area contributed by atoms with Crippen LogP contribution in [-0.2, 0) is 16.1 Å². The molecule has 0 aliphatic carbocycles. The number of rotatable bonds is 9. The van der Waals surface area contributed by atoms with E-state index in [0.717, 1.165) is 12.1 Å². The van der Waals surface area contributed by atoms with Gasteiger partial charge in [0, 0.05) is 19.0 Å². The zero-order valence-corrected chi connectivity index (χ0v) is 13.3. The van der Waals surface area contributed by atoms with Crippen molar-refractivity contribution >= 4 is 5.97 Å². The van der Waals surface area contributed by atoms with Gasteiger partial charge in [-0.2, -0.15) is 0 Å². The van der Waals surface area contributed by atoms with Crippen LogP contribution in [0.4, 0.5) is 0 Å². The number of benzene rings is 1. The van der Waals surface area contributed by atoms with Crippen LogP contribution in [0.3, 0.4) is 0 Å². The Morgan fingerprint density at radius 3 is 2.62 bits per heavy atom. The molecular formula is C16H25NO4. The van der Waals surface area contributed by atoms with Crippen molar-refractivity contribution in [2.45, 2.75) is 39.3 Å². The van der Waals surface area contributed by atoms with Gasteiger partial charge in [-0.25, -0.2) is 0 Å². The minimum absolute atomic E-state index is 0.222. The van der Waals surface area contributed by atoms with Crippen LogP contribution in [0.5, 0.6) is 11.5 Å². The molecule has 0 radical (unpaired) electrons. The van der Waals surface area contributed by atoms with Crippen LogP contribution in [0.25, 0.3) is 0 Å². The first kappa shape index (κ1) is 17.3. The van der Waals surface area contributed by atoms with Crippen molar-refractivity contribution in [3.8, 4) is 11.5 Å². The molecule has 5 nitrogen and oxygen atoms in total. The second-order valence-corrected chi connectivity index (χ2v) is 5.05. The number of nitrogens with one attached hydrogen (secondary N) is 1. The first-order valence-corrected chi connectivity index (χ1v) is 7.16. The number of ether oxygens (including phenoxy) is 3. The molecule has 0 bridgehead atoms. The maximum Gasteiger partial charge on any atom is 0.305 e. The normalized spacial score (nSPS) is 10.5. The number of esters is 1. The first-order valence-electron chi connectivity index (χ1n) is 7.16. The summed E-state index contributed by atoms with van der Waals surface area (Å²) >= 11 is 0. The number of methoxy groups -OCH3 is 2. The predicted molar refractivity (Wildman–Crippen MR) is 81.7 cm³/mol. The summed E-state index contributed by atoms with van der Waals surface area (Å²) in [5.74, 6) is 1.17. The van der Waals surface area contributed by atoms with Gasteiger partial charge in [-0.3, -0.25) is 4.79 Å². The van der Waals surface area contributed by atoms with Crippen molar-refractivity contribution in [2.24, 2.45) is 0 Å². The minimum Gasteiger partial charge on any atom is -0.493 e. The quantitative estimate of drug-likeness (QED) is 0.560. The molecule has 1 aromatic carbocycles. The van der Waals surface area contributed by atoms with E-state index in [1.807, 2.05) is 18.2 Å². The van der Waals surface area contributed by atoms with E-state index in [-0.39, 0.29) is 5.97 Å². The van der Waals surface area contributed by atoms with Gasteiger partial charge in [-0.05, 0) is 24.1 Å². The van der Waals surface area contributed by atoms with Crippen molar-refractivity contribution in [3.05, 3.63) is 23.8 Å². The number of hydrogen-bond acceptors (Lipinski definition) is 5. The van der Waals surface area contributed by atoms with Crippen LogP contribution in [-0.4, -0.2) is 32.8 Å². The molecule has 0 fully saturated rings. The van der Waals surface area contributed by atoms with Gasteiger partial charge in [0.2, 0.25) is 0 Å². The molecule has 1 N–H and O–H groups in total. The number of hydrogen-bond donors (Lipinski definition) is 1. The van der Waals surface area contributed by atoms with Crippen LogP contribution in [0.1, 0.15) is 32.3 Å². The summed E-state index contributed by atoms with van der Waals surface area (Å²) in [7, 11) is 3.01. The molecule has 0 aliphatic rings.